The Morgan fingerprint density at radius 2 is 2.19 bits per heavy atom. The Kier molecular flexibility index (Phi) is 6.39. The maximum Gasteiger partial charge on any atom is 0.103 e. The molecule has 1 N–H and O–H groups in total. The Morgan fingerprint density at radius 1 is 1.44 bits per heavy atom. The summed E-state index contributed by atoms with van der Waals surface area (Å²) in [5.41, 5.74) is 1.20. The minimum absolute atomic E-state index is 0.737. The molecular formula is C12H22N2S2. The summed E-state index contributed by atoms with van der Waals surface area (Å²) >= 11 is 3.86. The summed E-state index contributed by atoms with van der Waals surface area (Å²) in [6.45, 7) is 10.8. The van der Waals surface area contributed by atoms with Crippen LogP contribution in [0.15, 0.2) is 0 Å². The van der Waals surface area contributed by atoms with Crippen LogP contribution in [0.1, 0.15) is 42.8 Å². The van der Waals surface area contributed by atoms with Gasteiger partial charge in [-0.15, -0.1) is 11.3 Å². The summed E-state index contributed by atoms with van der Waals surface area (Å²) in [4.78, 5) is 6.02. The molecule has 16 heavy (non-hydrogen) atoms. The van der Waals surface area contributed by atoms with Gasteiger partial charge in [-0.2, -0.15) is 11.8 Å². The number of aryl methyl sites for hydroxylation is 1. The van der Waals surface area contributed by atoms with Crippen LogP contribution < -0.4 is 5.32 Å². The summed E-state index contributed by atoms with van der Waals surface area (Å²) in [7, 11) is 0. The lowest BCUT2D eigenvalue weighted by Gasteiger charge is -2.05. The Labute approximate surface area is 107 Å². The first kappa shape index (κ1) is 14.0. The topological polar surface area (TPSA) is 24.9 Å². The molecule has 1 aromatic rings. The molecule has 1 aromatic heterocycles. The van der Waals surface area contributed by atoms with Gasteiger partial charge in [0.05, 0.1) is 5.69 Å². The first-order valence-corrected chi connectivity index (χ1v) is 7.81. The molecule has 0 aliphatic heterocycles. The van der Waals surface area contributed by atoms with Crippen LogP contribution in [0.25, 0.3) is 0 Å². The quantitative estimate of drug-likeness (QED) is 0.809. The van der Waals surface area contributed by atoms with Crippen molar-refractivity contribution in [1.29, 1.82) is 0 Å². The molecule has 92 valence electrons. The number of nitrogens with zero attached hydrogens (tertiary/aromatic N) is 1. The molecule has 4 heteroatoms. The maximum atomic E-state index is 4.63. The smallest absolute Gasteiger partial charge is 0.103 e. The summed E-state index contributed by atoms with van der Waals surface area (Å²) in [5, 5.41) is 5.37. The fraction of sp³-hybridized carbons (Fsp3) is 0.750. The number of hydrogen-bond donors (Lipinski definition) is 1. The van der Waals surface area contributed by atoms with Crippen LogP contribution in [0, 0.1) is 6.92 Å². The van der Waals surface area contributed by atoms with E-state index in [9.17, 15) is 0 Å². The summed E-state index contributed by atoms with van der Waals surface area (Å²) in [6, 6.07) is 0. The number of hydrogen-bond acceptors (Lipinski definition) is 4. The van der Waals surface area contributed by atoms with Crippen LogP contribution in [0.5, 0.6) is 0 Å². The lowest BCUT2D eigenvalue weighted by molar-refractivity contribution is 0.731. The minimum Gasteiger partial charge on any atom is -0.312 e. The molecule has 1 unspecified atom stereocenters. The van der Waals surface area contributed by atoms with Crippen LogP contribution in [0.2, 0.25) is 0 Å². The van der Waals surface area contributed by atoms with Crippen LogP contribution in [0.4, 0.5) is 0 Å². The highest BCUT2D eigenvalue weighted by Gasteiger charge is 2.08. The second kappa shape index (κ2) is 7.30. The predicted molar refractivity (Wildman–Crippen MR) is 75.3 cm³/mol. The standard InChI is InChI=1S/C12H22N2S2/c1-5-9(3)15-8-12-14-10(4)11(16-12)7-13-6-2/h9,13H,5-8H2,1-4H3. The highest BCUT2D eigenvalue weighted by atomic mass is 32.2. The van der Waals surface area contributed by atoms with Gasteiger partial charge >= 0.3 is 0 Å². The van der Waals surface area contributed by atoms with E-state index in [0.717, 1.165) is 24.1 Å². The molecule has 0 radical (unpaired) electrons. The number of aromatic nitrogens is 1. The molecule has 0 saturated carbocycles. The van der Waals surface area contributed by atoms with E-state index in [4.69, 9.17) is 0 Å². The number of thioether (sulfide) groups is 1. The van der Waals surface area contributed by atoms with E-state index in [2.05, 4.69) is 38.0 Å². The Balaban J connectivity index is 2.48. The fourth-order valence-electron chi connectivity index (χ4n) is 1.28. The highest BCUT2D eigenvalue weighted by molar-refractivity contribution is 7.99. The van der Waals surface area contributed by atoms with Gasteiger partial charge in [-0.05, 0) is 19.9 Å². The van der Waals surface area contributed by atoms with E-state index < -0.39 is 0 Å². The van der Waals surface area contributed by atoms with Crippen molar-refractivity contribution in [2.45, 2.75) is 51.7 Å². The third-order valence-electron chi connectivity index (χ3n) is 2.54. The zero-order valence-electron chi connectivity index (χ0n) is 10.7. The van der Waals surface area contributed by atoms with Crippen molar-refractivity contribution in [2.24, 2.45) is 0 Å². The molecule has 0 spiro atoms. The van der Waals surface area contributed by atoms with Crippen molar-refractivity contribution in [1.82, 2.24) is 10.3 Å². The average molecular weight is 258 g/mol. The Morgan fingerprint density at radius 3 is 2.81 bits per heavy atom. The third-order valence-corrected chi connectivity index (χ3v) is 5.22. The van der Waals surface area contributed by atoms with E-state index >= 15 is 0 Å². The van der Waals surface area contributed by atoms with Gasteiger partial charge in [0.2, 0.25) is 0 Å². The molecule has 0 aliphatic rings. The molecule has 0 saturated heterocycles. The zero-order chi connectivity index (χ0) is 12.0. The first-order valence-electron chi connectivity index (χ1n) is 5.94. The van der Waals surface area contributed by atoms with Gasteiger partial charge in [-0.3, -0.25) is 0 Å². The Bertz CT molecular complexity index is 310. The van der Waals surface area contributed by atoms with Crippen LogP contribution >= 0.6 is 23.1 Å². The van der Waals surface area contributed by atoms with E-state index in [1.807, 2.05) is 23.1 Å². The van der Waals surface area contributed by atoms with Gasteiger partial charge < -0.3 is 5.32 Å². The predicted octanol–water partition coefficient (Wildman–Crippen LogP) is 3.59. The molecule has 0 fully saturated rings. The SMILES string of the molecule is CCNCc1sc(CSC(C)CC)nc1C. The van der Waals surface area contributed by atoms with Crippen LogP contribution in [-0.4, -0.2) is 16.8 Å². The molecule has 1 atom stereocenters. The van der Waals surface area contributed by atoms with E-state index in [1.54, 1.807) is 0 Å². The lowest BCUT2D eigenvalue weighted by Crippen LogP contribution is -2.11. The first-order chi connectivity index (χ1) is 7.67. The third kappa shape index (κ3) is 4.44. The number of rotatable bonds is 7. The number of thiazole rings is 1. The summed E-state index contributed by atoms with van der Waals surface area (Å²) in [6.07, 6.45) is 1.24. The molecule has 0 bridgehead atoms. The molecule has 2 nitrogen and oxygen atoms in total. The maximum absolute atomic E-state index is 4.63. The average Bonchev–Trinajstić information content (AvgIpc) is 2.64. The van der Waals surface area contributed by atoms with E-state index in [0.29, 0.717) is 0 Å². The van der Waals surface area contributed by atoms with Gasteiger partial charge in [-0.1, -0.05) is 20.8 Å². The van der Waals surface area contributed by atoms with Crippen LogP contribution in [-0.2, 0) is 12.3 Å². The molecular weight excluding hydrogens is 236 g/mol. The molecule has 1 heterocycles. The molecule has 0 aromatic carbocycles. The van der Waals surface area contributed by atoms with Crippen molar-refractivity contribution in [3.63, 3.8) is 0 Å². The van der Waals surface area contributed by atoms with Gasteiger partial charge in [0.1, 0.15) is 5.01 Å². The van der Waals surface area contributed by atoms with Gasteiger partial charge in [0, 0.05) is 22.4 Å². The van der Waals surface area contributed by atoms with Crippen molar-refractivity contribution < 1.29 is 0 Å². The number of nitrogens with one attached hydrogen (secondary N) is 1. The summed E-state index contributed by atoms with van der Waals surface area (Å²) in [5.74, 6) is 1.06. The highest BCUT2D eigenvalue weighted by Crippen LogP contribution is 2.25. The van der Waals surface area contributed by atoms with E-state index in [1.165, 1.54) is 22.0 Å². The second-order valence-electron chi connectivity index (χ2n) is 3.93. The lowest BCUT2D eigenvalue weighted by atomic mass is 10.4. The fourth-order valence-corrected chi connectivity index (χ4v) is 3.29. The van der Waals surface area contributed by atoms with Crippen molar-refractivity contribution in [3.05, 3.63) is 15.6 Å². The second-order valence-corrected chi connectivity index (χ2v) is 6.52. The summed E-state index contributed by atoms with van der Waals surface area (Å²) < 4.78 is 0. The van der Waals surface area contributed by atoms with Crippen molar-refractivity contribution in [2.75, 3.05) is 6.54 Å². The van der Waals surface area contributed by atoms with Crippen molar-refractivity contribution in [3.8, 4) is 0 Å². The molecule has 0 amide bonds. The van der Waals surface area contributed by atoms with Crippen molar-refractivity contribution >= 4 is 23.1 Å². The Hall–Kier alpha value is -0.0600. The van der Waals surface area contributed by atoms with Gasteiger partial charge in [0.15, 0.2) is 0 Å². The minimum atomic E-state index is 0.737. The molecule has 1 rings (SSSR count). The largest absolute Gasteiger partial charge is 0.312 e. The zero-order valence-corrected chi connectivity index (χ0v) is 12.3. The molecule has 0 aliphatic carbocycles. The normalized spacial score (nSPS) is 13.0. The van der Waals surface area contributed by atoms with Gasteiger partial charge in [-0.25, -0.2) is 4.98 Å². The van der Waals surface area contributed by atoms with Gasteiger partial charge in [0.25, 0.3) is 0 Å². The van der Waals surface area contributed by atoms with Crippen LogP contribution in [0.3, 0.4) is 0 Å². The van der Waals surface area contributed by atoms with E-state index in [-0.39, 0.29) is 0 Å². The monoisotopic (exact) mass is 258 g/mol.